The summed E-state index contributed by atoms with van der Waals surface area (Å²) < 4.78 is 0. The lowest BCUT2D eigenvalue weighted by Gasteiger charge is -2.36. The van der Waals surface area contributed by atoms with E-state index in [-0.39, 0.29) is 12.0 Å². The third-order valence-corrected chi connectivity index (χ3v) is 10.5. The summed E-state index contributed by atoms with van der Waals surface area (Å²) in [6.07, 6.45) is 15.6. The molecule has 2 atom stereocenters. The fourth-order valence-electron chi connectivity index (χ4n) is 7.62. The molecule has 0 aromatic heterocycles. The fourth-order valence-corrected chi connectivity index (χ4v) is 7.99. The smallest absolute Gasteiger partial charge is 0.0562 e. The second kappa shape index (κ2) is 13.8. The van der Waals surface area contributed by atoms with E-state index >= 15 is 0 Å². The molecule has 50 heavy (non-hydrogen) atoms. The number of allylic oxidation sites excluding steroid dienone is 7. The molecule has 2 aliphatic carbocycles. The van der Waals surface area contributed by atoms with E-state index in [4.69, 9.17) is 19.2 Å². The second-order valence-corrected chi connectivity index (χ2v) is 13.7. The lowest BCUT2D eigenvalue weighted by molar-refractivity contribution is 0.716. The minimum absolute atomic E-state index is 0.155. The molecular formula is C47H40N2S. The summed E-state index contributed by atoms with van der Waals surface area (Å²) in [6.45, 7) is 7.05. The van der Waals surface area contributed by atoms with Crippen LogP contribution in [0.3, 0.4) is 0 Å². The summed E-state index contributed by atoms with van der Waals surface area (Å²) in [6, 6.07) is 45.4. The van der Waals surface area contributed by atoms with Crippen LogP contribution in [-0.2, 0) is 6.42 Å². The van der Waals surface area contributed by atoms with Crippen LogP contribution in [0.5, 0.6) is 0 Å². The highest BCUT2D eigenvalue weighted by Gasteiger charge is 2.26. The van der Waals surface area contributed by atoms with Crippen molar-refractivity contribution in [3.63, 3.8) is 0 Å². The van der Waals surface area contributed by atoms with E-state index in [1.165, 1.54) is 38.9 Å². The van der Waals surface area contributed by atoms with Crippen molar-refractivity contribution < 1.29 is 0 Å². The largest absolute Gasteiger partial charge is 0.355 e. The number of nitrogens with one attached hydrogen (secondary N) is 1. The Morgan fingerprint density at radius 1 is 0.820 bits per heavy atom. The van der Waals surface area contributed by atoms with Crippen LogP contribution in [0.15, 0.2) is 181 Å². The molecule has 0 saturated heterocycles. The molecule has 0 amide bonds. The quantitative estimate of drug-likeness (QED) is 0.157. The maximum atomic E-state index is 5.22. The van der Waals surface area contributed by atoms with E-state index < -0.39 is 0 Å². The topological polar surface area (TPSA) is 15.3 Å². The van der Waals surface area contributed by atoms with Crippen LogP contribution in [-0.4, -0.2) is 6.04 Å². The Morgan fingerprint density at radius 2 is 1.56 bits per heavy atom. The van der Waals surface area contributed by atoms with Gasteiger partial charge < -0.3 is 10.2 Å². The number of para-hydroxylation sites is 1. The van der Waals surface area contributed by atoms with Crippen molar-refractivity contribution in [3.05, 3.63) is 192 Å². The highest BCUT2D eigenvalue weighted by Crippen LogP contribution is 2.43. The number of hydrogen-bond acceptors (Lipinski definition) is 3. The molecule has 2 nitrogen and oxygen atoms in total. The molecule has 6 aromatic carbocycles. The number of benzene rings is 6. The van der Waals surface area contributed by atoms with Gasteiger partial charge in [0.15, 0.2) is 0 Å². The molecule has 2 aliphatic rings. The van der Waals surface area contributed by atoms with E-state index in [0.29, 0.717) is 0 Å². The molecule has 0 heterocycles. The third kappa shape index (κ3) is 6.21. The minimum atomic E-state index is 0.155. The van der Waals surface area contributed by atoms with Crippen LogP contribution < -0.4 is 10.2 Å². The first-order valence-corrected chi connectivity index (χ1v) is 17.8. The Hall–Kier alpha value is -5.51. The Kier molecular flexibility index (Phi) is 8.75. The molecule has 1 N–H and O–H groups in total. The van der Waals surface area contributed by atoms with Crippen molar-refractivity contribution in [1.82, 2.24) is 0 Å². The summed E-state index contributed by atoms with van der Waals surface area (Å²) in [5.41, 5.74) is 10.4. The number of fused-ring (bicyclic) bond motifs is 3. The molecule has 0 saturated carbocycles. The van der Waals surface area contributed by atoms with Gasteiger partial charge in [0, 0.05) is 33.4 Å². The standard InChI is InChI=1S/C47H40N2S/c1-32(49(41-20-4-3-5-21-41)42-27-25-35-15-7-9-17-37(35)30-42)28-38-18-10-12-22-43(38)33(2)46-44-23-13-11-19-39(44)31-45(47(46)50)48-40-26-24-34-14-6-8-16-36(34)29-40/h3-17,19-29,31,38,42,48,50H,2,18,30H2,1H3/b32-28+. The summed E-state index contributed by atoms with van der Waals surface area (Å²) in [5, 5.41) is 8.42. The number of nitrogens with zero attached hydrogens (tertiary/aromatic N) is 1. The zero-order valence-electron chi connectivity index (χ0n) is 28.3. The van der Waals surface area contributed by atoms with Crippen molar-refractivity contribution >= 4 is 62.9 Å². The number of rotatable bonds is 8. The highest BCUT2D eigenvalue weighted by atomic mass is 32.1. The van der Waals surface area contributed by atoms with Gasteiger partial charge in [-0.25, -0.2) is 0 Å². The Labute approximate surface area is 300 Å². The number of hydrogen-bond donors (Lipinski definition) is 2. The van der Waals surface area contributed by atoms with Crippen LogP contribution in [0.1, 0.15) is 30.0 Å². The molecule has 6 aromatic rings. The van der Waals surface area contributed by atoms with Gasteiger partial charge >= 0.3 is 0 Å². The summed E-state index contributed by atoms with van der Waals surface area (Å²) in [7, 11) is 0. The van der Waals surface area contributed by atoms with Crippen molar-refractivity contribution in [3.8, 4) is 0 Å². The number of anilines is 3. The first kappa shape index (κ1) is 31.7. The molecule has 0 radical (unpaired) electrons. The zero-order chi connectivity index (χ0) is 34.0. The van der Waals surface area contributed by atoms with Crippen molar-refractivity contribution in [2.24, 2.45) is 5.92 Å². The van der Waals surface area contributed by atoms with Gasteiger partial charge in [-0.15, -0.1) is 12.6 Å². The van der Waals surface area contributed by atoms with Crippen LogP contribution >= 0.6 is 12.6 Å². The molecule has 0 spiro atoms. The predicted octanol–water partition coefficient (Wildman–Crippen LogP) is 12.6. The summed E-state index contributed by atoms with van der Waals surface area (Å²) in [4.78, 5) is 3.40. The Balaban J connectivity index is 1.16. The normalized spacial score (nSPS) is 17.0. The van der Waals surface area contributed by atoms with Gasteiger partial charge in [0.1, 0.15) is 0 Å². The van der Waals surface area contributed by atoms with Crippen LogP contribution in [0, 0.1) is 5.92 Å². The molecule has 8 rings (SSSR count). The minimum Gasteiger partial charge on any atom is -0.355 e. The molecule has 2 unspecified atom stereocenters. The monoisotopic (exact) mass is 664 g/mol. The van der Waals surface area contributed by atoms with E-state index in [1.807, 2.05) is 0 Å². The lowest BCUT2D eigenvalue weighted by Crippen LogP contribution is -2.35. The predicted molar refractivity (Wildman–Crippen MR) is 218 cm³/mol. The van der Waals surface area contributed by atoms with Crippen molar-refractivity contribution in [1.29, 1.82) is 0 Å². The molecule has 244 valence electrons. The third-order valence-electron chi connectivity index (χ3n) is 10.1. The number of thiol groups is 1. The average Bonchev–Trinajstić information content (AvgIpc) is 3.15. The average molecular weight is 665 g/mol. The highest BCUT2D eigenvalue weighted by molar-refractivity contribution is 7.80. The fraction of sp³-hybridized carbons (Fsp3) is 0.106. The van der Waals surface area contributed by atoms with Crippen molar-refractivity contribution in [2.45, 2.75) is 30.7 Å². The molecule has 3 heteroatoms. The van der Waals surface area contributed by atoms with E-state index in [0.717, 1.165) is 51.0 Å². The maximum absolute atomic E-state index is 5.22. The van der Waals surface area contributed by atoms with Crippen molar-refractivity contribution in [2.75, 3.05) is 10.2 Å². The molecule has 0 bridgehead atoms. The van der Waals surface area contributed by atoms with Crippen LogP contribution in [0.2, 0.25) is 0 Å². The lowest BCUT2D eigenvalue weighted by atomic mass is 9.82. The van der Waals surface area contributed by atoms with Gasteiger partial charge in [0.05, 0.1) is 11.7 Å². The van der Waals surface area contributed by atoms with E-state index in [1.54, 1.807) is 0 Å². The van der Waals surface area contributed by atoms with E-state index in [9.17, 15) is 0 Å². The van der Waals surface area contributed by atoms with Gasteiger partial charge in [-0.3, -0.25) is 0 Å². The molecular weight excluding hydrogens is 625 g/mol. The first-order chi connectivity index (χ1) is 24.5. The maximum Gasteiger partial charge on any atom is 0.0562 e. The van der Waals surface area contributed by atoms with Gasteiger partial charge in [0.2, 0.25) is 0 Å². The Morgan fingerprint density at radius 3 is 2.42 bits per heavy atom. The second-order valence-electron chi connectivity index (χ2n) is 13.3. The van der Waals surface area contributed by atoms with Crippen LogP contribution in [0.25, 0.3) is 33.2 Å². The Bertz CT molecular complexity index is 2360. The SMILES string of the molecule is C=C(C1=CC=CCC1/C=C(\C)N(c1ccccc1)C1C=Cc2ccccc2C1)c1c(S)c(Nc2ccc3ccccc3c2)cc2ccccc12. The first-order valence-electron chi connectivity index (χ1n) is 17.4. The van der Waals surface area contributed by atoms with Crippen LogP contribution in [0.4, 0.5) is 17.1 Å². The van der Waals surface area contributed by atoms with Gasteiger partial charge in [-0.1, -0.05) is 140 Å². The zero-order valence-corrected chi connectivity index (χ0v) is 29.2. The van der Waals surface area contributed by atoms with E-state index in [2.05, 4.69) is 181 Å². The molecule has 0 aliphatic heterocycles. The summed E-state index contributed by atoms with van der Waals surface area (Å²) >= 11 is 5.22. The van der Waals surface area contributed by atoms with Gasteiger partial charge in [0.25, 0.3) is 0 Å². The van der Waals surface area contributed by atoms with Gasteiger partial charge in [-0.05, 0) is 93.9 Å². The molecule has 0 fully saturated rings. The van der Waals surface area contributed by atoms with Gasteiger partial charge in [-0.2, -0.15) is 0 Å². The summed E-state index contributed by atoms with van der Waals surface area (Å²) in [5.74, 6) is 0.155.